The van der Waals surface area contributed by atoms with Crippen LogP contribution in [0.4, 0.5) is 5.69 Å². The Morgan fingerprint density at radius 2 is 2.25 bits per heavy atom. The molecule has 5 heteroatoms. The Kier molecular flexibility index (Phi) is 4.38. The molecule has 0 fully saturated rings. The van der Waals surface area contributed by atoms with Crippen molar-refractivity contribution < 1.29 is 4.79 Å². The van der Waals surface area contributed by atoms with E-state index in [2.05, 4.69) is 16.7 Å². The third-order valence-electron chi connectivity index (χ3n) is 3.04. The van der Waals surface area contributed by atoms with Crippen LogP contribution < -0.4 is 10.6 Å². The topological polar surface area (TPSA) is 64.9 Å². The fourth-order valence-corrected chi connectivity index (χ4v) is 2.67. The van der Waals surface area contributed by atoms with Crippen LogP contribution in [-0.4, -0.2) is 13.0 Å². The van der Waals surface area contributed by atoms with E-state index in [1.807, 2.05) is 30.5 Å². The summed E-state index contributed by atoms with van der Waals surface area (Å²) in [7, 11) is 1.62. The molecule has 0 aliphatic rings. The first-order valence-electron chi connectivity index (χ1n) is 6.18. The first-order valence-corrected chi connectivity index (χ1v) is 7.06. The fraction of sp³-hybridized carbons (Fsp3) is 0.200. The number of amides is 1. The summed E-state index contributed by atoms with van der Waals surface area (Å²) in [4.78, 5) is 12.8. The highest BCUT2D eigenvalue weighted by molar-refractivity contribution is 7.10. The van der Waals surface area contributed by atoms with E-state index in [1.54, 1.807) is 24.5 Å². The van der Waals surface area contributed by atoms with Gasteiger partial charge >= 0.3 is 0 Å². The molecule has 102 valence electrons. The van der Waals surface area contributed by atoms with E-state index in [9.17, 15) is 4.79 Å². The minimum absolute atomic E-state index is 0.0889. The number of nitrogens with one attached hydrogen (secondary N) is 2. The molecule has 20 heavy (non-hydrogen) atoms. The Balaban J connectivity index is 2.14. The second-order valence-corrected chi connectivity index (χ2v) is 5.32. The summed E-state index contributed by atoms with van der Waals surface area (Å²) in [6.45, 7) is 2.56. The van der Waals surface area contributed by atoms with Gasteiger partial charge in [-0.15, -0.1) is 11.3 Å². The van der Waals surface area contributed by atoms with Crippen LogP contribution in [0.5, 0.6) is 0 Å². The highest BCUT2D eigenvalue weighted by Gasteiger charge is 2.10. The smallest absolute Gasteiger partial charge is 0.251 e. The van der Waals surface area contributed by atoms with Gasteiger partial charge in [-0.05, 0) is 30.7 Å². The molecule has 0 spiro atoms. The Labute approximate surface area is 122 Å². The van der Waals surface area contributed by atoms with Crippen LogP contribution in [-0.2, 0) is 6.54 Å². The van der Waals surface area contributed by atoms with Crippen LogP contribution in [0.15, 0.2) is 29.6 Å². The van der Waals surface area contributed by atoms with E-state index in [0.717, 1.165) is 16.1 Å². The van der Waals surface area contributed by atoms with Gasteiger partial charge in [0, 0.05) is 35.1 Å². The van der Waals surface area contributed by atoms with E-state index >= 15 is 0 Å². The lowest BCUT2D eigenvalue weighted by atomic mass is 10.1. The van der Waals surface area contributed by atoms with Crippen LogP contribution in [0, 0.1) is 18.3 Å². The van der Waals surface area contributed by atoms with E-state index in [1.165, 1.54) is 0 Å². The number of rotatable bonds is 4. The Bertz CT molecular complexity index is 670. The summed E-state index contributed by atoms with van der Waals surface area (Å²) in [5.41, 5.74) is 3.20. The predicted octanol–water partition coefficient (Wildman–Crippen LogP) is 2.90. The standard InChI is InChI=1S/C15H15N3OS/c1-10-13(15(19)17-2)4-3-5-14(10)18-8-12-6-11(7-16)9-20-12/h3-6,9,18H,8H2,1-2H3,(H,17,19). The van der Waals surface area contributed by atoms with Crippen molar-refractivity contribution in [2.24, 2.45) is 0 Å². The monoisotopic (exact) mass is 285 g/mol. The molecule has 0 unspecified atom stereocenters. The molecule has 1 amide bonds. The highest BCUT2D eigenvalue weighted by atomic mass is 32.1. The summed E-state index contributed by atoms with van der Waals surface area (Å²) in [5, 5.41) is 16.6. The number of carbonyl (C=O) groups is 1. The van der Waals surface area contributed by atoms with Gasteiger partial charge in [0.1, 0.15) is 6.07 Å². The minimum Gasteiger partial charge on any atom is -0.380 e. The summed E-state index contributed by atoms with van der Waals surface area (Å²) in [5.74, 6) is -0.0889. The Hall–Kier alpha value is -2.32. The number of anilines is 1. The van der Waals surface area contributed by atoms with Gasteiger partial charge in [-0.2, -0.15) is 5.26 Å². The summed E-state index contributed by atoms with van der Waals surface area (Å²) < 4.78 is 0. The van der Waals surface area contributed by atoms with Crippen molar-refractivity contribution in [1.82, 2.24) is 5.32 Å². The van der Waals surface area contributed by atoms with Gasteiger partial charge in [-0.25, -0.2) is 0 Å². The van der Waals surface area contributed by atoms with Gasteiger partial charge in [0.15, 0.2) is 0 Å². The molecular formula is C15H15N3OS. The molecule has 0 radical (unpaired) electrons. The van der Waals surface area contributed by atoms with Crippen molar-refractivity contribution in [3.05, 3.63) is 51.2 Å². The number of nitrogens with zero attached hydrogens (tertiary/aromatic N) is 1. The molecule has 0 saturated carbocycles. The lowest BCUT2D eigenvalue weighted by Gasteiger charge is -2.12. The molecule has 1 heterocycles. The van der Waals surface area contributed by atoms with Crippen LogP contribution in [0.1, 0.15) is 26.4 Å². The van der Waals surface area contributed by atoms with Gasteiger partial charge in [0.25, 0.3) is 5.91 Å². The number of benzene rings is 1. The van der Waals surface area contributed by atoms with E-state index in [-0.39, 0.29) is 5.91 Å². The van der Waals surface area contributed by atoms with Gasteiger partial charge in [0.05, 0.1) is 5.56 Å². The second kappa shape index (κ2) is 6.22. The van der Waals surface area contributed by atoms with Crippen molar-refractivity contribution >= 4 is 22.9 Å². The molecule has 1 aromatic heterocycles. The van der Waals surface area contributed by atoms with E-state index in [4.69, 9.17) is 5.26 Å². The molecule has 0 bridgehead atoms. The van der Waals surface area contributed by atoms with Crippen molar-refractivity contribution in [2.75, 3.05) is 12.4 Å². The number of hydrogen-bond donors (Lipinski definition) is 2. The van der Waals surface area contributed by atoms with Crippen molar-refractivity contribution in [3.63, 3.8) is 0 Å². The normalized spacial score (nSPS) is 9.85. The maximum absolute atomic E-state index is 11.7. The zero-order valence-electron chi connectivity index (χ0n) is 11.4. The van der Waals surface area contributed by atoms with Crippen LogP contribution in [0.3, 0.4) is 0 Å². The van der Waals surface area contributed by atoms with E-state index < -0.39 is 0 Å². The maximum Gasteiger partial charge on any atom is 0.251 e. The molecule has 0 atom stereocenters. The molecule has 1 aromatic carbocycles. The number of carbonyl (C=O) groups excluding carboxylic acids is 1. The van der Waals surface area contributed by atoms with E-state index in [0.29, 0.717) is 17.7 Å². The quantitative estimate of drug-likeness (QED) is 0.907. The molecule has 0 saturated heterocycles. The molecule has 0 aliphatic heterocycles. The third kappa shape index (κ3) is 2.98. The average Bonchev–Trinajstić information content (AvgIpc) is 2.93. The van der Waals surface area contributed by atoms with Crippen molar-refractivity contribution in [3.8, 4) is 6.07 Å². The Morgan fingerprint density at radius 1 is 1.45 bits per heavy atom. The zero-order chi connectivity index (χ0) is 14.5. The molecular weight excluding hydrogens is 270 g/mol. The molecule has 2 N–H and O–H groups in total. The first kappa shape index (κ1) is 14.1. The SMILES string of the molecule is CNC(=O)c1cccc(NCc2cc(C#N)cs2)c1C. The third-order valence-corrected chi connectivity index (χ3v) is 3.98. The van der Waals surface area contributed by atoms with Crippen LogP contribution >= 0.6 is 11.3 Å². The van der Waals surface area contributed by atoms with Gasteiger partial charge in [-0.1, -0.05) is 6.07 Å². The molecule has 4 nitrogen and oxygen atoms in total. The highest BCUT2D eigenvalue weighted by Crippen LogP contribution is 2.21. The number of thiophene rings is 1. The summed E-state index contributed by atoms with van der Waals surface area (Å²) in [6, 6.07) is 9.59. The van der Waals surface area contributed by atoms with Crippen LogP contribution in [0.2, 0.25) is 0 Å². The lowest BCUT2D eigenvalue weighted by molar-refractivity contribution is 0.0962. The average molecular weight is 285 g/mol. The summed E-state index contributed by atoms with van der Waals surface area (Å²) >= 11 is 1.55. The second-order valence-electron chi connectivity index (χ2n) is 4.32. The van der Waals surface area contributed by atoms with Crippen molar-refractivity contribution in [2.45, 2.75) is 13.5 Å². The maximum atomic E-state index is 11.7. The lowest BCUT2D eigenvalue weighted by Crippen LogP contribution is -2.19. The fourth-order valence-electron chi connectivity index (χ4n) is 1.92. The van der Waals surface area contributed by atoms with Gasteiger partial charge in [0.2, 0.25) is 0 Å². The molecule has 2 rings (SSSR count). The largest absolute Gasteiger partial charge is 0.380 e. The van der Waals surface area contributed by atoms with Gasteiger partial charge < -0.3 is 10.6 Å². The van der Waals surface area contributed by atoms with Gasteiger partial charge in [-0.3, -0.25) is 4.79 Å². The number of nitriles is 1. The zero-order valence-corrected chi connectivity index (χ0v) is 12.2. The Morgan fingerprint density at radius 3 is 2.90 bits per heavy atom. The molecule has 2 aromatic rings. The minimum atomic E-state index is -0.0889. The predicted molar refractivity (Wildman–Crippen MR) is 80.9 cm³/mol. The summed E-state index contributed by atoms with van der Waals surface area (Å²) in [6.07, 6.45) is 0. The number of hydrogen-bond acceptors (Lipinski definition) is 4. The van der Waals surface area contributed by atoms with Crippen molar-refractivity contribution in [1.29, 1.82) is 5.26 Å². The van der Waals surface area contributed by atoms with Crippen LogP contribution in [0.25, 0.3) is 0 Å². The molecule has 0 aliphatic carbocycles. The first-order chi connectivity index (χ1) is 9.65.